The lowest BCUT2D eigenvalue weighted by Gasteiger charge is -2.25. The summed E-state index contributed by atoms with van der Waals surface area (Å²) in [5.74, 6) is 0.314. The van der Waals surface area contributed by atoms with Gasteiger partial charge in [0.2, 0.25) is 11.8 Å². The summed E-state index contributed by atoms with van der Waals surface area (Å²) in [7, 11) is 3.06. The quantitative estimate of drug-likeness (QED) is 0.739. The molecule has 1 saturated carbocycles. The monoisotopic (exact) mass is 422 g/mol. The van der Waals surface area contributed by atoms with Crippen molar-refractivity contribution in [3.8, 4) is 11.5 Å². The third-order valence-corrected chi connectivity index (χ3v) is 6.21. The Morgan fingerprint density at radius 3 is 2.52 bits per heavy atom. The van der Waals surface area contributed by atoms with Crippen LogP contribution in [0.5, 0.6) is 11.5 Å². The van der Waals surface area contributed by atoms with Crippen molar-refractivity contribution in [3.05, 3.63) is 48.0 Å². The molecule has 0 unspecified atom stereocenters. The predicted molar refractivity (Wildman–Crippen MR) is 116 cm³/mol. The molecule has 1 saturated heterocycles. The molecule has 7 heteroatoms. The summed E-state index contributed by atoms with van der Waals surface area (Å²) < 4.78 is 10.5. The van der Waals surface area contributed by atoms with Crippen molar-refractivity contribution in [1.82, 2.24) is 0 Å². The largest absolute Gasteiger partial charge is 0.497 e. The van der Waals surface area contributed by atoms with Crippen molar-refractivity contribution in [2.75, 3.05) is 24.4 Å². The average Bonchev–Trinajstić information content (AvgIpc) is 3.03. The number of methoxy groups -OCH3 is 2. The zero-order chi connectivity index (χ0) is 22.1. The molecule has 1 aliphatic carbocycles. The number of imide groups is 1. The van der Waals surface area contributed by atoms with E-state index in [1.807, 2.05) is 0 Å². The van der Waals surface area contributed by atoms with Crippen LogP contribution in [0.2, 0.25) is 0 Å². The zero-order valence-corrected chi connectivity index (χ0v) is 17.9. The first kappa shape index (κ1) is 20.9. The van der Waals surface area contributed by atoms with Gasteiger partial charge >= 0.3 is 0 Å². The normalized spacial score (nSPS) is 22.8. The fraction of sp³-hybridized carbons (Fsp3) is 0.375. The van der Waals surface area contributed by atoms with Gasteiger partial charge in [-0.1, -0.05) is 13.0 Å². The number of carbonyl (C=O) groups excluding carboxylic acids is 3. The van der Waals surface area contributed by atoms with Gasteiger partial charge in [-0.3, -0.25) is 19.3 Å². The van der Waals surface area contributed by atoms with E-state index in [4.69, 9.17) is 9.47 Å². The molecule has 1 heterocycles. The van der Waals surface area contributed by atoms with Crippen LogP contribution in [0.4, 0.5) is 11.4 Å². The summed E-state index contributed by atoms with van der Waals surface area (Å²) in [4.78, 5) is 40.1. The maximum Gasteiger partial charge on any atom is 0.255 e. The van der Waals surface area contributed by atoms with E-state index >= 15 is 0 Å². The molecule has 3 atom stereocenters. The Balaban J connectivity index is 1.58. The van der Waals surface area contributed by atoms with Crippen molar-refractivity contribution in [1.29, 1.82) is 0 Å². The number of carbonyl (C=O) groups is 3. The molecule has 0 radical (unpaired) electrons. The Labute approximate surface area is 181 Å². The van der Waals surface area contributed by atoms with Crippen LogP contribution in [0, 0.1) is 17.8 Å². The van der Waals surface area contributed by atoms with Gasteiger partial charge in [-0.05, 0) is 55.5 Å². The van der Waals surface area contributed by atoms with Crippen LogP contribution in [-0.2, 0) is 9.59 Å². The Bertz CT molecular complexity index is 1030. The molecule has 0 bridgehead atoms. The molecule has 2 fully saturated rings. The number of ether oxygens (including phenoxy) is 2. The Morgan fingerprint density at radius 1 is 1.00 bits per heavy atom. The highest BCUT2D eigenvalue weighted by Crippen LogP contribution is 2.42. The van der Waals surface area contributed by atoms with Crippen LogP contribution in [0.25, 0.3) is 0 Å². The van der Waals surface area contributed by atoms with Gasteiger partial charge in [0, 0.05) is 11.6 Å². The van der Waals surface area contributed by atoms with Crippen LogP contribution in [0.3, 0.4) is 0 Å². The van der Waals surface area contributed by atoms with Crippen LogP contribution in [0.15, 0.2) is 42.5 Å². The van der Waals surface area contributed by atoms with Crippen molar-refractivity contribution in [2.45, 2.75) is 26.2 Å². The first-order valence-electron chi connectivity index (χ1n) is 10.4. The molecule has 2 aromatic rings. The molecule has 2 aromatic carbocycles. The third kappa shape index (κ3) is 3.87. The average molecular weight is 422 g/mol. The maximum atomic E-state index is 13.0. The van der Waals surface area contributed by atoms with Crippen LogP contribution in [0.1, 0.15) is 36.5 Å². The van der Waals surface area contributed by atoms with Crippen molar-refractivity contribution >= 4 is 29.1 Å². The molecule has 1 aliphatic heterocycles. The molecule has 0 spiro atoms. The van der Waals surface area contributed by atoms with Crippen molar-refractivity contribution in [3.63, 3.8) is 0 Å². The summed E-state index contributed by atoms with van der Waals surface area (Å²) in [6.45, 7) is 2.12. The molecule has 1 N–H and O–H groups in total. The van der Waals surface area contributed by atoms with E-state index in [9.17, 15) is 14.4 Å². The number of benzene rings is 2. The van der Waals surface area contributed by atoms with Crippen LogP contribution < -0.4 is 19.7 Å². The van der Waals surface area contributed by atoms with Gasteiger partial charge in [0.25, 0.3) is 5.91 Å². The fourth-order valence-electron chi connectivity index (χ4n) is 4.54. The van der Waals surface area contributed by atoms with Gasteiger partial charge in [-0.25, -0.2) is 0 Å². The fourth-order valence-corrected chi connectivity index (χ4v) is 4.54. The Kier molecular flexibility index (Phi) is 5.67. The van der Waals surface area contributed by atoms with Gasteiger partial charge in [0.05, 0.1) is 37.4 Å². The highest BCUT2D eigenvalue weighted by Gasteiger charge is 2.50. The lowest BCUT2D eigenvalue weighted by molar-refractivity contribution is -0.122. The first-order chi connectivity index (χ1) is 14.9. The minimum absolute atomic E-state index is 0.158. The van der Waals surface area contributed by atoms with E-state index < -0.39 is 0 Å². The van der Waals surface area contributed by atoms with E-state index in [-0.39, 0.29) is 29.6 Å². The molecule has 3 amide bonds. The van der Waals surface area contributed by atoms with Crippen LogP contribution in [-0.4, -0.2) is 31.9 Å². The number of amides is 3. The topological polar surface area (TPSA) is 84.9 Å². The highest BCUT2D eigenvalue weighted by atomic mass is 16.5. The SMILES string of the molecule is COc1ccc(OC)c(NC(=O)c2cccc(N3C(=O)[C@H]4C[C@H](C)CC[C@H]4C3=O)c2)c1. The van der Waals surface area contributed by atoms with Crippen LogP contribution >= 0.6 is 0 Å². The summed E-state index contributed by atoms with van der Waals surface area (Å²) in [5, 5.41) is 2.82. The minimum atomic E-state index is -0.376. The van der Waals surface area contributed by atoms with Gasteiger partial charge in [-0.2, -0.15) is 0 Å². The van der Waals surface area contributed by atoms with Crippen molar-refractivity contribution in [2.24, 2.45) is 17.8 Å². The number of hydrogen-bond donors (Lipinski definition) is 1. The number of anilines is 2. The zero-order valence-electron chi connectivity index (χ0n) is 17.9. The highest BCUT2D eigenvalue weighted by molar-refractivity contribution is 6.22. The third-order valence-electron chi connectivity index (χ3n) is 6.21. The Morgan fingerprint density at radius 2 is 1.77 bits per heavy atom. The molecular weight excluding hydrogens is 396 g/mol. The van der Waals surface area contributed by atoms with E-state index in [0.29, 0.717) is 34.4 Å². The van der Waals surface area contributed by atoms with E-state index in [2.05, 4.69) is 12.2 Å². The lowest BCUT2D eigenvalue weighted by Crippen LogP contribution is -2.31. The molecule has 31 heavy (non-hydrogen) atoms. The van der Waals surface area contributed by atoms with E-state index in [1.165, 1.54) is 12.0 Å². The smallest absolute Gasteiger partial charge is 0.255 e. The number of fused-ring (bicyclic) bond motifs is 1. The second kappa shape index (κ2) is 8.41. The van der Waals surface area contributed by atoms with Gasteiger partial charge < -0.3 is 14.8 Å². The van der Waals surface area contributed by atoms with Crippen molar-refractivity contribution < 1.29 is 23.9 Å². The van der Waals surface area contributed by atoms with E-state index in [1.54, 1.807) is 49.6 Å². The predicted octanol–water partition coefficient (Wildman–Crippen LogP) is 3.88. The summed E-state index contributed by atoms with van der Waals surface area (Å²) >= 11 is 0. The van der Waals surface area contributed by atoms with Gasteiger partial charge in [-0.15, -0.1) is 0 Å². The Hall–Kier alpha value is -3.35. The number of nitrogens with zero attached hydrogens (tertiary/aromatic N) is 1. The molecule has 162 valence electrons. The minimum Gasteiger partial charge on any atom is -0.497 e. The number of rotatable bonds is 5. The number of nitrogens with one attached hydrogen (secondary N) is 1. The second-order valence-electron chi connectivity index (χ2n) is 8.21. The van der Waals surface area contributed by atoms with Gasteiger partial charge in [0.1, 0.15) is 11.5 Å². The molecular formula is C24H26N2O5. The lowest BCUT2D eigenvalue weighted by atomic mass is 9.76. The summed E-state index contributed by atoms with van der Waals surface area (Å²) in [6, 6.07) is 11.7. The standard InChI is InChI=1S/C24H26N2O5/c1-14-7-9-18-19(11-14)24(29)26(23(18)28)16-6-4-5-15(12-16)22(27)25-20-13-17(30-2)8-10-21(20)31-3/h4-6,8,10,12-14,18-19H,7,9,11H2,1-3H3,(H,25,27)/t14-,18-,19+/m1/s1. The summed E-state index contributed by atoms with van der Waals surface area (Å²) in [5.41, 5.74) is 1.24. The maximum absolute atomic E-state index is 13.0. The number of hydrogen-bond acceptors (Lipinski definition) is 5. The summed E-state index contributed by atoms with van der Waals surface area (Å²) in [6.07, 6.45) is 2.43. The molecule has 0 aromatic heterocycles. The first-order valence-corrected chi connectivity index (χ1v) is 10.4. The van der Waals surface area contributed by atoms with Gasteiger partial charge in [0.15, 0.2) is 0 Å². The molecule has 7 nitrogen and oxygen atoms in total. The second-order valence-corrected chi connectivity index (χ2v) is 8.21. The van der Waals surface area contributed by atoms with E-state index in [0.717, 1.165) is 19.3 Å². The molecule has 2 aliphatic rings. The molecule has 4 rings (SSSR count).